The van der Waals surface area contributed by atoms with Crippen LogP contribution < -0.4 is 0 Å². The molecule has 0 spiro atoms. The van der Waals surface area contributed by atoms with Gasteiger partial charge in [0.25, 0.3) is 0 Å². The van der Waals surface area contributed by atoms with Crippen LogP contribution in [0.4, 0.5) is 0 Å². The predicted octanol–water partition coefficient (Wildman–Crippen LogP) is 4.36. The minimum atomic E-state index is 0.466. The van der Waals surface area contributed by atoms with E-state index in [4.69, 9.17) is 5.26 Å². The van der Waals surface area contributed by atoms with Gasteiger partial charge in [-0.25, -0.2) is 5.26 Å². The Labute approximate surface area is 101 Å². The number of rotatable bonds is 5. The Morgan fingerprint density at radius 1 is 1.00 bits per heavy atom. The third-order valence-corrected chi connectivity index (χ3v) is 3.00. The molecule has 0 bridgehead atoms. The quantitative estimate of drug-likeness (QED) is 0.473. The van der Waals surface area contributed by atoms with Gasteiger partial charge < -0.3 is 0 Å². The summed E-state index contributed by atoms with van der Waals surface area (Å²) in [5.41, 5.74) is 2.52. The number of hydrogen-bond donors (Lipinski definition) is 1. The van der Waals surface area contributed by atoms with Crippen LogP contribution in [-0.2, 0) is 9.37 Å². The van der Waals surface area contributed by atoms with Crippen LogP contribution >= 0.6 is 12.0 Å². The summed E-state index contributed by atoms with van der Waals surface area (Å²) in [5, 5.41) is 11.8. The van der Waals surface area contributed by atoms with Gasteiger partial charge in [0.15, 0.2) is 0 Å². The molecule has 1 rings (SSSR count). The first kappa shape index (κ1) is 13.5. The fourth-order valence-electron chi connectivity index (χ4n) is 1.42. The normalized spacial score (nSPS) is 11.4. The number of hydrogen-bond acceptors (Lipinski definition) is 4. The molecular weight excluding hydrogens is 224 g/mol. The molecule has 1 aromatic carbocycles. The molecule has 0 fully saturated rings. The van der Waals surface area contributed by atoms with Gasteiger partial charge in [-0.2, -0.15) is 0 Å². The summed E-state index contributed by atoms with van der Waals surface area (Å²) >= 11 is 1.01. The monoisotopic (exact) mass is 242 g/mol. The summed E-state index contributed by atoms with van der Waals surface area (Å²) in [4.78, 5) is 0.934. The molecule has 0 saturated carbocycles. The van der Waals surface area contributed by atoms with E-state index in [1.165, 1.54) is 11.1 Å². The van der Waals surface area contributed by atoms with Gasteiger partial charge in [-0.3, -0.25) is 0 Å². The second-order valence-electron chi connectivity index (χ2n) is 4.37. The van der Waals surface area contributed by atoms with Crippen molar-refractivity contribution in [2.75, 3.05) is 0 Å². The Hall–Kier alpha value is -0.550. The molecule has 0 amide bonds. The lowest BCUT2D eigenvalue weighted by Gasteiger charge is -2.13. The van der Waals surface area contributed by atoms with Crippen LogP contribution in [0.25, 0.3) is 0 Å². The van der Waals surface area contributed by atoms with Crippen molar-refractivity contribution in [1.82, 2.24) is 0 Å². The van der Waals surface area contributed by atoms with Crippen molar-refractivity contribution < 1.29 is 14.6 Å². The molecule has 0 aliphatic rings. The first-order valence-corrected chi connectivity index (χ1v) is 6.08. The zero-order valence-electron chi connectivity index (χ0n) is 10.1. The molecule has 0 aliphatic carbocycles. The van der Waals surface area contributed by atoms with Gasteiger partial charge in [0.1, 0.15) is 0 Å². The van der Waals surface area contributed by atoms with Crippen molar-refractivity contribution >= 4 is 12.0 Å². The van der Waals surface area contributed by atoms with E-state index in [-0.39, 0.29) is 0 Å². The standard InChI is InChI=1S/C12H18O3S/c1-8(2)10-5-11(9(3)4)7-12(6-10)16-15-14-13/h5-9,13H,1-4H3. The lowest BCUT2D eigenvalue weighted by atomic mass is 9.96. The maximum Gasteiger partial charge on any atom is 0.0714 e. The van der Waals surface area contributed by atoms with Crippen LogP contribution in [0.5, 0.6) is 0 Å². The summed E-state index contributed by atoms with van der Waals surface area (Å²) in [6.07, 6.45) is 0. The Kier molecular flexibility index (Phi) is 5.28. The third-order valence-electron chi connectivity index (χ3n) is 2.45. The SMILES string of the molecule is CC(C)c1cc(SOOO)cc(C(C)C)c1. The summed E-state index contributed by atoms with van der Waals surface area (Å²) in [6.45, 7) is 8.60. The molecule has 3 nitrogen and oxygen atoms in total. The van der Waals surface area contributed by atoms with Gasteiger partial charge in [0, 0.05) is 4.90 Å². The van der Waals surface area contributed by atoms with E-state index in [2.05, 4.69) is 43.1 Å². The Morgan fingerprint density at radius 2 is 1.50 bits per heavy atom. The fourth-order valence-corrected chi connectivity index (χ4v) is 1.89. The molecule has 1 aromatic rings. The zero-order chi connectivity index (χ0) is 12.1. The lowest BCUT2D eigenvalue weighted by Crippen LogP contribution is -1.94. The fraction of sp³-hybridized carbons (Fsp3) is 0.500. The summed E-state index contributed by atoms with van der Waals surface area (Å²) in [6, 6.07) is 6.29. The first-order valence-electron chi connectivity index (χ1n) is 5.34. The van der Waals surface area contributed by atoms with Crippen LogP contribution in [0.3, 0.4) is 0 Å². The zero-order valence-corrected chi connectivity index (χ0v) is 10.9. The Balaban J connectivity index is 2.99. The Morgan fingerprint density at radius 3 is 1.88 bits per heavy atom. The second-order valence-corrected chi connectivity index (χ2v) is 5.14. The number of benzene rings is 1. The van der Waals surface area contributed by atoms with Crippen LogP contribution in [0.1, 0.15) is 50.7 Å². The minimum Gasteiger partial charge on any atom is -0.220 e. The molecule has 0 aromatic heterocycles. The van der Waals surface area contributed by atoms with Gasteiger partial charge in [0.05, 0.1) is 12.0 Å². The third kappa shape index (κ3) is 3.79. The molecule has 90 valence electrons. The smallest absolute Gasteiger partial charge is 0.0714 e. The summed E-state index contributed by atoms with van der Waals surface area (Å²) < 4.78 is 4.46. The van der Waals surface area contributed by atoms with E-state index >= 15 is 0 Å². The molecule has 0 aliphatic heterocycles. The first-order chi connectivity index (χ1) is 7.54. The van der Waals surface area contributed by atoms with Crippen molar-refractivity contribution in [3.8, 4) is 0 Å². The van der Waals surface area contributed by atoms with Gasteiger partial charge in [-0.15, -0.1) is 4.33 Å². The molecule has 0 unspecified atom stereocenters. The molecule has 0 saturated heterocycles. The van der Waals surface area contributed by atoms with Gasteiger partial charge in [-0.1, -0.05) is 38.8 Å². The van der Waals surface area contributed by atoms with Crippen LogP contribution in [0.15, 0.2) is 23.1 Å². The molecular formula is C12H18O3S. The average molecular weight is 242 g/mol. The van der Waals surface area contributed by atoms with Gasteiger partial charge in [0.2, 0.25) is 0 Å². The highest BCUT2D eigenvalue weighted by Gasteiger charge is 2.08. The maximum absolute atomic E-state index is 8.14. The molecule has 0 radical (unpaired) electrons. The lowest BCUT2D eigenvalue weighted by molar-refractivity contribution is -0.432. The highest BCUT2D eigenvalue weighted by atomic mass is 32.2. The average Bonchev–Trinajstić information content (AvgIpc) is 2.25. The van der Waals surface area contributed by atoms with E-state index in [1.54, 1.807) is 0 Å². The van der Waals surface area contributed by atoms with Gasteiger partial charge in [-0.05, 0) is 35.1 Å². The topological polar surface area (TPSA) is 38.7 Å². The van der Waals surface area contributed by atoms with Crippen molar-refractivity contribution in [3.05, 3.63) is 29.3 Å². The highest BCUT2D eigenvalue weighted by molar-refractivity contribution is 7.94. The summed E-state index contributed by atoms with van der Waals surface area (Å²) in [5.74, 6) is 0.932. The summed E-state index contributed by atoms with van der Waals surface area (Å²) in [7, 11) is 0. The van der Waals surface area contributed by atoms with Crippen molar-refractivity contribution in [2.24, 2.45) is 0 Å². The molecule has 16 heavy (non-hydrogen) atoms. The molecule has 1 N–H and O–H groups in total. The maximum atomic E-state index is 8.14. The minimum absolute atomic E-state index is 0.466. The molecule has 0 heterocycles. The van der Waals surface area contributed by atoms with E-state index in [0.29, 0.717) is 11.8 Å². The van der Waals surface area contributed by atoms with E-state index in [1.807, 2.05) is 12.1 Å². The highest BCUT2D eigenvalue weighted by Crippen LogP contribution is 2.29. The predicted molar refractivity (Wildman–Crippen MR) is 65.3 cm³/mol. The van der Waals surface area contributed by atoms with Crippen LogP contribution in [0.2, 0.25) is 0 Å². The van der Waals surface area contributed by atoms with E-state index in [0.717, 1.165) is 16.9 Å². The van der Waals surface area contributed by atoms with Gasteiger partial charge >= 0.3 is 0 Å². The van der Waals surface area contributed by atoms with E-state index < -0.39 is 0 Å². The Bertz CT molecular complexity index is 311. The van der Waals surface area contributed by atoms with Crippen molar-refractivity contribution in [2.45, 2.75) is 44.4 Å². The van der Waals surface area contributed by atoms with Crippen LogP contribution in [0, 0.1) is 0 Å². The van der Waals surface area contributed by atoms with E-state index in [9.17, 15) is 0 Å². The molecule has 0 atom stereocenters. The molecule has 4 heteroatoms. The second kappa shape index (κ2) is 6.25. The van der Waals surface area contributed by atoms with Crippen molar-refractivity contribution in [1.29, 1.82) is 0 Å². The van der Waals surface area contributed by atoms with Crippen molar-refractivity contribution in [3.63, 3.8) is 0 Å². The largest absolute Gasteiger partial charge is 0.220 e. The van der Waals surface area contributed by atoms with Crippen LogP contribution in [-0.4, -0.2) is 5.26 Å².